The zero-order valence-electron chi connectivity index (χ0n) is 20.9. The Kier molecular flexibility index (Phi) is 5.78. The number of aryl methyl sites for hydroxylation is 2. The zero-order chi connectivity index (χ0) is 25.5. The van der Waals surface area contributed by atoms with Crippen molar-refractivity contribution >= 4 is 44.1 Å². The summed E-state index contributed by atoms with van der Waals surface area (Å²) < 4.78 is 1.18. The van der Waals surface area contributed by atoms with Crippen LogP contribution < -0.4 is 5.32 Å². The van der Waals surface area contributed by atoms with Crippen LogP contribution in [0.2, 0.25) is 0 Å². The minimum atomic E-state index is -0.146. The van der Waals surface area contributed by atoms with Crippen molar-refractivity contribution in [1.82, 2.24) is 9.97 Å². The van der Waals surface area contributed by atoms with E-state index in [2.05, 4.69) is 61.6 Å². The Labute approximate surface area is 219 Å². The van der Waals surface area contributed by atoms with E-state index in [1.54, 1.807) is 11.3 Å². The van der Waals surface area contributed by atoms with Gasteiger partial charge in [0.25, 0.3) is 5.91 Å². The number of amides is 1. The predicted octanol–water partition coefficient (Wildman–Crippen LogP) is 8.36. The van der Waals surface area contributed by atoms with Gasteiger partial charge in [0.1, 0.15) is 5.01 Å². The second-order valence-corrected chi connectivity index (χ2v) is 10.4. The quantitative estimate of drug-likeness (QED) is 0.265. The summed E-state index contributed by atoms with van der Waals surface area (Å²) in [4.78, 5) is 23.3. The predicted molar refractivity (Wildman–Crippen MR) is 154 cm³/mol. The van der Waals surface area contributed by atoms with Gasteiger partial charge in [-0.2, -0.15) is 0 Å². The minimum Gasteiger partial charge on any atom is -0.322 e. The second-order valence-electron chi connectivity index (χ2n) is 9.37. The highest BCUT2D eigenvalue weighted by molar-refractivity contribution is 7.21. The number of anilines is 1. The van der Waals surface area contributed by atoms with Crippen LogP contribution in [0.4, 0.5) is 5.69 Å². The van der Waals surface area contributed by atoms with E-state index >= 15 is 0 Å². The topological polar surface area (TPSA) is 54.9 Å². The van der Waals surface area contributed by atoms with E-state index in [4.69, 9.17) is 9.97 Å². The number of pyridine rings is 1. The maximum Gasteiger partial charge on any atom is 0.256 e. The van der Waals surface area contributed by atoms with Crippen LogP contribution in [-0.4, -0.2) is 15.9 Å². The average Bonchev–Trinajstić information content (AvgIpc) is 3.32. The molecule has 37 heavy (non-hydrogen) atoms. The van der Waals surface area contributed by atoms with Crippen molar-refractivity contribution in [1.29, 1.82) is 0 Å². The number of carbonyl (C=O) groups is 1. The summed E-state index contributed by atoms with van der Waals surface area (Å²) in [5.74, 6) is -0.146. The number of rotatable bonds is 4. The first kappa shape index (κ1) is 23.1. The second kappa shape index (κ2) is 9.26. The van der Waals surface area contributed by atoms with Crippen molar-refractivity contribution in [3.63, 3.8) is 0 Å². The van der Waals surface area contributed by atoms with Gasteiger partial charge >= 0.3 is 0 Å². The van der Waals surface area contributed by atoms with E-state index in [9.17, 15) is 4.79 Å². The molecule has 0 spiro atoms. The minimum absolute atomic E-state index is 0.146. The van der Waals surface area contributed by atoms with E-state index in [0.717, 1.165) is 49.5 Å². The zero-order valence-corrected chi connectivity index (χ0v) is 21.7. The molecule has 0 aliphatic heterocycles. The largest absolute Gasteiger partial charge is 0.322 e. The van der Waals surface area contributed by atoms with Gasteiger partial charge in [-0.05, 0) is 74.4 Å². The number of hydrogen-bond acceptors (Lipinski definition) is 4. The molecule has 1 N–H and O–H groups in total. The molecule has 0 atom stereocenters. The number of hydrogen-bond donors (Lipinski definition) is 1. The van der Waals surface area contributed by atoms with Crippen molar-refractivity contribution in [3.8, 4) is 21.8 Å². The van der Waals surface area contributed by atoms with Gasteiger partial charge in [-0.15, -0.1) is 11.3 Å². The molecule has 0 aliphatic carbocycles. The highest BCUT2D eigenvalue weighted by atomic mass is 32.1. The van der Waals surface area contributed by atoms with Gasteiger partial charge in [-0.1, -0.05) is 54.1 Å². The van der Waals surface area contributed by atoms with Gasteiger partial charge in [-0.25, -0.2) is 9.97 Å². The molecular weight excluding hydrogens is 474 g/mol. The number of nitrogens with zero attached hydrogens (tertiary/aromatic N) is 2. The maximum atomic E-state index is 13.6. The first-order chi connectivity index (χ1) is 18.0. The molecule has 0 saturated carbocycles. The van der Waals surface area contributed by atoms with Gasteiger partial charge in [0.05, 0.1) is 27.0 Å². The molecule has 4 aromatic carbocycles. The third-order valence-corrected chi connectivity index (χ3v) is 7.69. The van der Waals surface area contributed by atoms with Gasteiger partial charge in [-0.3, -0.25) is 4.79 Å². The molecule has 0 saturated heterocycles. The van der Waals surface area contributed by atoms with E-state index in [-0.39, 0.29) is 5.91 Å². The Balaban J connectivity index is 1.34. The average molecular weight is 500 g/mol. The number of carbonyl (C=O) groups excluding carboxylic acids is 1. The molecule has 0 aliphatic rings. The monoisotopic (exact) mass is 499 g/mol. The van der Waals surface area contributed by atoms with Gasteiger partial charge in [0.15, 0.2) is 0 Å². The number of aromatic nitrogens is 2. The highest BCUT2D eigenvalue weighted by Crippen LogP contribution is 2.33. The van der Waals surface area contributed by atoms with Crippen molar-refractivity contribution < 1.29 is 4.79 Å². The summed E-state index contributed by atoms with van der Waals surface area (Å²) in [5.41, 5.74) is 9.32. The van der Waals surface area contributed by atoms with Crippen LogP contribution >= 0.6 is 11.3 Å². The molecule has 6 rings (SSSR count). The Morgan fingerprint density at radius 2 is 1.43 bits per heavy atom. The summed E-state index contributed by atoms with van der Waals surface area (Å²) in [7, 11) is 0. The van der Waals surface area contributed by atoms with E-state index in [1.165, 1.54) is 15.8 Å². The summed E-state index contributed by atoms with van der Waals surface area (Å²) in [6.45, 7) is 6.13. The molecule has 6 aromatic rings. The number of benzene rings is 4. The number of nitrogens with one attached hydrogen (secondary N) is 1. The molecule has 4 nitrogen and oxygen atoms in total. The highest BCUT2D eigenvalue weighted by Gasteiger charge is 2.19. The molecule has 0 bridgehead atoms. The fourth-order valence-electron chi connectivity index (χ4n) is 4.64. The lowest BCUT2D eigenvalue weighted by atomic mass is 9.96. The van der Waals surface area contributed by atoms with Crippen molar-refractivity contribution in [2.75, 3.05) is 5.32 Å². The molecule has 180 valence electrons. The smallest absolute Gasteiger partial charge is 0.256 e. The third kappa shape index (κ3) is 4.39. The van der Waals surface area contributed by atoms with Crippen LogP contribution in [0, 0.1) is 20.8 Å². The molecular formula is C32H25N3OS. The fourth-order valence-corrected chi connectivity index (χ4v) is 5.71. The summed E-state index contributed by atoms with van der Waals surface area (Å²) in [5, 5.41) is 4.92. The normalized spacial score (nSPS) is 11.2. The number of para-hydroxylation sites is 1. The lowest BCUT2D eigenvalue weighted by Crippen LogP contribution is -2.15. The molecule has 0 radical (unpaired) electrons. The van der Waals surface area contributed by atoms with Crippen LogP contribution in [0.3, 0.4) is 0 Å². The van der Waals surface area contributed by atoms with E-state index in [0.29, 0.717) is 5.56 Å². The Bertz CT molecular complexity index is 1780. The lowest BCUT2D eigenvalue weighted by molar-refractivity contribution is 0.102. The first-order valence-corrected chi connectivity index (χ1v) is 13.0. The Hall–Kier alpha value is -4.35. The van der Waals surface area contributed by atoms with Gasteiger partial charge in [0.2, 0.25) is 0 Å². The van der Waals surface area contributed by atoms with Crippen molar-refractivity contribution in [2.45, 2.75) is 20.8 Å². The van der Waals surface area contributed by atoms with Gasteiger partial charge < -0.3 is 5.32 Å². The molecule has 2 aromatic heterocycles. The first-order valence-electron chi connectivity index (χ1n) is 12.2. The molecule has 2 heterocycles. The molecule has 0 fully saturated rings. The summed E-state index contributed by atoms with van der Waals surface area (Å²) >= 11 is 1.68. The lowest BCUT2D eigenvalue weighted by Gasteiger charge is -2.15. The van der Waals surface area contributed by atoms with Crippen LogP contribution in [0.25, 0.3) is 42.9 Å². The molecule has 0 unspecified atom stereocenters. The van der Waals surface area contributed by atoms with Crippen molar-refractivity contribution in [3.05, 3.63) is 113 Å². The molecule has 1 amide bonds. The number of thiazole rings is 1. The fraction of sp³-hybridized carbons (Fsp3) is 0.0938. The SMILES string of the molecule is Cc1ccc(-c2nc3ccccc3c(C(=O)Nc3ccc(-c4nc5ccc(C)cc5s4)cc3)c2C)cc1. The third-order valence-electron chi connectivity index (χ3n) is 6.62. The number of fused-ring (bicyclic) bond motifs is 2. The standard InChI is InChI=1S/C32H25N3OS/c1-19-8-11-22(12-9-19)30-21(3)29(25-6-4-5-7-26(25)34-30)31(36)33-24-15-13-23(14-16-24)32-35-27-17-10-20(2)18-28(27)37-32/h4-18H,1-3H3,(H,33,36). The maximum absolute atomic E-state index is 13.6. The summed E-state index contributed by atoms with van der Waals surface area (Å²) in [6, 6.07) is 30.3. The van der Waals surface area contributed by atoms with Crippen LogP contribution in [0.15, 0.2) is 91.0 Å². The van der Waals surface area contributed by atoms with Crippen molar-refractivity contribution in [2.24, 2.45) is 0 Å². The van der Waals surface area contributed by atoms with E-state index in [1.807, 2.05) is 55.5 Å². The van der Waals surface area contributed by atoms with Crippen LogP contribution in [-0.2, 0) is 0 Å². The Morgan fingerprint density at radius 1 is 0.730 bits per heavy atom. The van der Waals surface area contributed by atoms with E-state index < -0.39 is 0 Å². The summed E-state index contributed by atoms with van der Waals surface area (Å²) in [6.07, 6.45) is 0. The van der Waals surface area contributed by atoms with Crippen LogP contribution in [0.1, 0.15) is 27.0 Å². The molecule has 5 heteroatoms. The Morgan fingerprint density at radius 3 is 2.22 bits per heavy atom. The van der Waals surface area contributed by atoms with Crippen LogP contribution in [0.5, 0.6) is 0 Å². The van der Waals surface area contributed by atoms with Gasteiger partial charge in [0, 0.05) is 22.2 Å².